The van der Waals surface area contributed by atoms with Gasteiger partial charge in [0.2, 0.25) is 12.7 Å². The highest BCUT2D eigenvalue weighted by molar-refractivity contribution is 6.07. The Balaban J connectivity index is 1.90. The highest BCUT2D eigenvalue weighted by Crippen LogP contribution is 2.36. The van der Waals surface area contributed by atoms with Crippen LogP contribution in [0.25, 0.3) is 0 Å². The lowest BCUT2D eigenvalue weighted by Crippen LogP contribution is -2.17. The summed E-state index contributed by atoms with van der Waals surface area (Å²) in [5.74, 6) is 0.985. The summed E-state index contributed by atoms with van der Waals surface area (Å²) in [5, 5.41) is 6.47. The van der Waals surface area contributed by atoms with E-state index in [1.807, 2.05) is 0 Å². The van der Waals surface area contributed by atoms with Gasteiger partial charge in [-0.3, -0.25) is 10.1 Å². The molecule has 1 aliphatic rings. The molecule has 0 unspecified atom stereocenters. The number of carbonyl (C=O) groups excluding carboxylic acids is 1. The zero-order valence-corrected chi connectivity index (χ0v) is 10.1. The smallest absolute Gasteiger partial charge is 0.260 e. The number of aryl methyl sites for hydroxylation is 1. The molecule has 19 heavy (non-hydrogen) atoms. The van der Waals surface area contributed by atoms with Crippen molar-refractivity contribution in [2.45, 2.75) is 0 Å². The Bertz CT molecular complexity index is 652. The van der Waals surface area contributed by atoms with Crippen molar-refractivity contribution in [3.8, 4) is 11.5 Å². The SMILES string of the molecule is Cn1ncnc1NC(=O)c1cc2c(cc1N)OCO2. The summed E-state index contributed by atoms with van der Waals surface area (Å²) in [6, 6.07) is 3.11. The molecule has 0 spiro atoms. The van der Waals surface area contributed by atoms with Crippen LogP contribution in [-0.2, 0) is 7.05 Å². The number of amides is 1. The maximum absolute atomic E-state index is 12.1. The first kappa shape index (κ1) is 11.3. The summed E-state index contributed by atoms with van der Waals surface area (Å²) in [6.07, 6.45) is 1.35. The number of nitrogens with zero attached hydrogens (tertiary/aromatic N) is 3. The van der Waals surface area contributed by atoms with Gasteiger partial charge in [0.1, 0.15) is 6.33 Å². The van der Waals surface area contributed by atoms with Gasteiger partial charge in [-0.25, -0.2) is 4.68 Å². The number of fused-ring (bicyclic) bond motifs is 1. The summed E-state index contributed by atoms with van der Waals surface area (Å²) in [6.45, 7) is 0.128. The molecular formula is C11H11N5O3. The van der Waals surface area contributed by atoms with Crippen LogP contribution in [0.5, 0.6) is 11.5 Å². The third kappa shape index (κ3) is 1.92. The lowest BCUT2D eigenvalue weighted by Gasteiger charge is -2.07. The molecule has 1 aromatic carbocycles. The van der Waals surface area contributed by atoms with Crippen LogP contribution in [0.3, 0.4) is 0 Å². The fraction of sp³-hybridized carbons (Fsp3) is 0.182. The molecule has 2 heterocycles. The molecule has 0 saturated heterocycles. The first-order valence-electron chi connectivity index (χ1n) is 5.49. The third-order valence-electron chi connectivity index (χ3n) is 2.73. The predicted molar refractivity (Wildman–Crippen MR) is 65.9 cm³/mol. The molecule has 2 aromatic rings. The van der Waals surface area contributed by atoms with Crippen LogP contribution >= 0.6 is 0 Å². The molecule has 0 atom stereocenters. The predicted octanol–water partition coefficient (Wildman–Crippen LogP) is 0.378. The van der Waals surface area contributed by atoms with Crippen LogP contribution in [0.15, 0.2) is 18.5 Å². The lowest BCUT2D eigenvalue weighted by atomic mass is 10.1. The second kappa shape index (κ2) is 4.16. The van der Waals surface area contributed by atoms with E-state index in [-0.39, 0.29) is 12.7 Å². The number of hydrogen-bond acceptors (Lipinski definition) is 6. The number of nitrogens with one attached hydrogen (secondary N) is 1. The summed E-state index contributed by atoms with van der Waals surface area (Å²) < 4.78 is 11.8. The van der Waals surface area contributed by atoms with Gasteiger partial charge in [0.15, 0.2) is 11.5 Å². The topological polar surface area (TPSA) is 104 Å². The fourth-order valence-electron chi connectivity index (χ4n) is 1.73. The molecule has 1 amide bonds. The molecule has 3 rings (SSSR count). The van der Waals surface area contributed by atoms with Crippen molar-refractivity contribution in [1.29, 1.82) is 0 Å². The Morgan fingerprint density at radius 1 is 1.42 bits per heavy atom. The van der Waals surface area contributed by atoms with Crippen molar-refractivity contribution in [2.24, 2.45) is 7.05 Å². The summed E-state index contributed by atoms with van der Waals surface area (Å²) in [7, 11) is 1.67. The summed E-state index contributed by atoms with van der Waals surface area (Å²) in [4.78, 5) is 16.0. The third-order valence-corrected chi connectivity index (χ3v) is 2.73. The van der Waals surface area contributed by atoms with E-state index in [4.69, 9.17) is 15.2 Å². The van der Waals surface area contributed by atoms with Crippen LogP contribution in [0.1, 0.15) is 10.4 Å². The van der Waals surface area contributed by atoms with Gasteiger partial charge in [0.05, 0.1) is 5.56 Å². The monoisotopic (exact) mass is 261 g/mol. The summed E-state index contributed by atoms with van der Waals surface area (Å²) in [5.41, 5.74) is 6.43. The zero-order valence-electron chi connectivity index (χ0n) is 10.1. The second-order valence-corrected chi connectivity index (χ2v) is 3.95. The van der Waals surface area contributed by atoms with E-state index < -0.39 is 0 Å². The number of nitrogen functional groups attached to an aromatic ring is 1. The molecule has 98 valence electrons. The average molecular weight is 261 g/mol. The number of anilines is 2. The van der Waals surface area contributed by atoms with Crippen LogP contribution < -0.4 is 20.5 Å². The molecule has 1 aliphatic heterocycles. The molecule has 0 bridgehead atoms. The van der Waals surface area contributed by atoms with Gasteiger partial charge in [0.25, 0.3) is 5.91 Å². The second-order valence-electron chi connectivity index (χ2n) is 3.95. The fourth-order valence-corrected chi connectivity index (χ4v) is 1.73. The minimum atomic E-state index is -0.382. The zero-order chi connectivity index (χ0) is 13.4. The molecule has 1 aromatic heterocycles. The van der Waals surface area contributed by atoms with E-state index in [0.29, 0.717) is 28.7 Å². The van der Waals surface area contributed by atoms with Crippen molar-refractivity contribution in [3.63, 3.8) is 0 Å². The Hall–Kier alpha value is -2.77. The van der Waals surface area contributed by atoms with Crippen molar-refractivity contribution in [1.82, 2.24) is 14.8 Å². The number of hydrogen-bond donors (Lipinski definition) is 2. The highest BCUT2D eigenvalue weighted by Gasteiger charge is 2.20. The van der Waals surface area contributed by atoms with Gasteiger partial charge in [-0.05, 0) is 6.07 Å². The normalized spacial score (nSPS) is 12.5. The largest absolute Gasteiger partial charge is 0.454 e. The van der Waals surface area contributed by atoms with Crippen molar-refractivity contribution in [2.75, 3.05) is 17.8 Å². The van der Waals surface area contributed by atoms with Crippen LogP contribution in [0, 0.1) is 0 Å². The van der Waals surface area contributed by atoms with Crippen LogP contribution in [-0.4, -0.2) is 27.5 Å². The molecule has 8 heteroatoms. The first-order valence-corrected chi connectivity index (χ1v) is 5.49. The maximum Gasteiger partial charge on any atom is 0.260 e. The Kier molecular flexibility index (Phi) is 2.48. The number of carbonyl (C=O) groups is 1. The van der Waals surface area contributed by atoms with Crippen LogP contribution in [0.4, 0.5) is 11.6 Å². The quantitative estimate of drug-likeness (QED) is 0.757. The molecule has 0 saturated carbocycles. The number of rotatable bonds is 2. The Morgan fingerprint density at radius 2 is 2.16 bits per heavy atom. The van der Waals surface area contributed by atoms with Gasteiger partial charge in [0, 0.05) is 18.8 Å². The van der Waals surface area contributed by atoms with Crippen molar-refractivity contribution in [3.05, 3.63) is 24.0 Å². The van der Waals surface area contributed by atoms with E-state index in [9.17, 15) is 4.79 Å². The van der Waals surface area contributed by atoms with Gasteiger partial charge < -0.3 is 15.2 Å². The van der Waals surface area contributed by atoms with Gasteiger partial charge in [-0.1, -0.05) is 0 Å². The number of benzene rings is 1. The van der Waals surface area contributed by atoms with E-state index in [1.54, 1.807) is 19.2 Å². The van der Waals surface area contributed by atoms with E-state index in [2.05, 4.69) is 15.4 Å². The number of nitrogens with two attached hydrogens (primary N) is 1. The summed E-state index contributed by atoms with van der Waals surface area (Å²) >= 11 is 0. The Labute approximate surface area is 108 Å². The van der Waals surface area contributed by atoms with Gasteiger partial charge in [-0.15, -0.1) is 0 Å². The lowest BCUT2D eigenvalue weighted by molar-refractivity contribution is 0.102. The van der Waals surface area contributed by atoms with Crippen molar-refractivity contribution < 1.29 is 14.3 Å². The standard InChI is InChI=1S/C11H11N5O3/c1-16-11(13-4-14-16)15-10(17)6-2-8-9(3-7(6)12)19-5-18-8/h2-4H,5,12H2,1H3,(H,13,14,15,17). The molecule has 8 nitrogen and oxygen atoms in total. The minimum absolute atomic E-state index is 0.128. The maximum atomic E-state index is 12.1. The van der Waals surface area contributed by atoms with E-state index in [1.165, 1.54) is 11.0 Å². The van der Waals surface area contributed by atoms with Crippen molar-refractivity contribution >= 4 is 17.5 Å². The molecule has 0 aliphatic carbocycles. The highest BCUT2D eigenvalue weighted by atomic mass is 16.7. The number of aromatic nitrogens is 3. The minimum Gasteiger partial charge on any atom is -0.454 e. The first-order chi connectivity index (χ1) is 9.15. The van der Waals surface area contributed by atoms with E-state index in [0.717, 1.165) is 0 Å². The van der Waals surface area contributed by atoms with Gasteiger partial charge >= 0.3 is 0 Å². The van der Waals surface area contributed by atoms with Crippen LogP contribution in [0.2, 0.25) is 0 Å². The van der Waals surface area contributed by atoms with E-state index >= 15 is 0 Å². The Morgan fingerprint density at radius 3 is 2.84 bits per heavy atom. The molecular weight excluding hydrogens is 250 g/mol. The number of ether oxygens (including phenoxy) is 2. The van der Waals surface area contributed by atoms with Gasteiger partial charge in [-0.2, -0.15) is 10.1 Å². The molecule has 3 N–H and O–H groups in total. The molecule has 0 fully saturated rings. The molecule has 0 radical (unpaired) electrons. The average Bonchev–Trinajstić information content (AvgIpc) is 2.97.